The monoisotopic (exact) mass is 539 g/mol. The van der Waals surface area contributed by atoms with E-state index in [0.29, 0.717) is 18.4 Å². The van der Waals surface area contributed by atoms with Crippen molar-refractivity contribution in [3.63, 3.8) is 0 Å². The lowest BCUT2D eigenvalue weighted by Crippen LogP contribution is -2.53. The molecule has 2 N–H and O–H groups in total. The molecule has 11 nitrogen and oxygen atoms in total. The van der Waals surface area contributed by atoms with Gasteiger partial charge in [-0.2, -0.15) is 0 Å². The summed E-state index contributed by atoms with van der Waals surface area (Å²) in [7, 11) is 1.20. The van der Waals surface area contributed by atoms with Gasteiger partial charge >= 0.3 is 24.2 Å². The third kappa shape index (κ3) is 10.6. The highest BCUT2D eigenvalue weighted by Gasteiger charge is 2.38. The van der Waals surface area contributed by atoms with Crippen LogP contribution in [0, 0.1) is 5.92 Å². The zero-order chi connectivity index (χ0) is 29.0. The van der Waals surface area contributed by atoms with Gasteiger partial charge in [-0.1, -0.05) is 33.8 Å². The molecule has 0 aliphatic rings. The van der Waals surface area contributed by atoms with Gasteiger partial charge in [-0.3, -0.25) is 9.59 Å². The van der Waals surface area contributed by atoms with Crippen molar-refractivity contribution in [1.82, 2.24) is 0 Å². The summed E-state index contributed by atoms with van der Waals surface area (Å²) >= 11 is 0. The van der Waals surface area contributed by atoms with Crippen molar-refractivity contribution in [2.75, 3.05) is 7.11 Å². The molecule has 0 saturated carbocycles. The summed E-state index contributed by atoms with van der Waals surface area (Å²) in [5, 5.41) is 0. The van der Waals surface area contributed by atoms with E-state index >= 15 is 0 Å². The van der Waals surface area contributed by atoms with E-state index < -0.39 is 42.0 Å². The molecule has 0 radical (unpaired) electrons. The van der Waals surface area contributed by atoms with Crippen molar-refractivity contribution in [2.24, 2.45) is 11.7 Å². The summed E-state index contributed by atoms with van der Waals surface area (Å²) in [6.07, 6.45) is -2.42. The minimum atomic E-state index is -1.59. The van der Waals surface area contributed by atoms with Gasteiger partial charge in [-0.15, -0.1) is 0 Å². The lowest BCUT2D eigenvalue weighted by atomic mass is 9.86. The van der Waals surface area contributed by atoms with Crippen LogP contribution in [0.15, 0.2) is 18.2 Å². The zero-order valence-corrected chi connectivity index (χ0v) is 23.5. The first-order valence-electron chi connectivity index (χ1n) is 12.7. The van der Waals surface area contributed by atoms with Crippen molar-refractivity contribution in [2.45, 2.75) is 98.0 Å². The Balaban J connectivity index is 3.28. The fourth-order valence-corrected chi connectivity index (χ4v) is 3.23. The van der Waals surface area contributed by atoms with E-state index in [1.54, 1.807) is 40.7 Å². The number of nitrogens with two attached hydrogens (primary N) is 1. The van der Waals surface area contributed by atoms with Crippen LogP contribution in [0.25, 0.3) is 0 Å². The van der Waals surface area contributed by atoms with Gasteiger partial charge in [-0.05, 0) is 51.3 Å². The van der Waals surface area contributed by atoms with Crippen LogP contribution in [0.1, 0.15) is 73.3 Å². The number of hydrogen-bond donors (Lipinski definition) is 1. The lowest BCUT2D eigenvalue weighted by molar-refractivity contribution is -0.157. The number of methoxy groups -OCH3 is 1. The molecule has 2 unspecified atom stereocenters. The summed E-state index contributed by atoms with van der Waals surface area (Å²) in [5.74, 6) is -1.73. The highest BCUT2D eigenvalue weighted by atomic mass is 16.7. The van der Waals surface area contributed by atoms with Crippen molar-refractivity contribution < 1.29 is 47.6 Å². The molecule has 0 aliphatic heterocycles. The molecule has 0 amide bonds. The number of esters is 2. The zero-order valence-electron chi connectivity index (χ0n) is 23.5. The number of carbonyl (C=O) groups excluding carboxylic acids is 4. The number of rotatable bonds is 13. The predicted molar refractivity (Wildman–Crippen MR) is 138 cm³/mol. The molecule has 38 heavy (non-hydrogen) atoms. The minimum absolute atomic E-state index is 0.0378. The standard InChI is InChI=1S/C27H41NO10/c1-9-17(5)35-25(31)37-21-12-11-20(13-22(21)38-26(32)36-18(6)10-2)15-27(28,24(30)33-8)14-19(7)34-23(29)16(3)4/h11-13,16-19H,9-10,14-15,28H2,1-8H3/t17-,18?,19?,27+/m0/s1. The topological polar surface area (TPSA) is 150 Å². The van der Waals surface area contributed by atoms with E-state index in [-0.39, 0.29) is 36.4 Å². The van der Waals surface area contributed by atoms with Crippen molar-refractivity contribution in [3.8, 4) is 11.5 Å². The maximum absolute atomic E-state index is 12.7. The molecule has 1 aromatic carbocycles. The van der Waals surface area contributed by atoms with Gasteiger partial charge in [0.15, 0.2) is 11.5 Å². The molecule has 1 aromatic rings. The number of hydrogen-bond acceptors (Lipinski definition) is 11. The Morgan fingerprint density at radius 3 is 1.82 bits per heavy atom. The Hall–Kier alpha value is -3.34. The second kappa shape index (κ2) is 15.2. The van der Waals surface area contributed by atoms with Gasteiger partial charge < -0.3 is 34.2 Å². The summed E-state index contributed by atoms with van der Waals surface area (Å²) in [6, 6.07) is 4.34. The van der Waals surface area contributed by atoms with E-state index in [2.05, 4.69) is 0 Å². The first-order chi connectivity index (χ1) is 17.7. The molecular formula is C27H41NO10. The van der Waals surface area contributed by atoms with Crippen LogP contribution in [-0.4, -0.2) is 55.2 Å². The van der Waals surface area contributed by atoms with Gasteiger partial charge in [0.1, 0.15) is 23.9 Å². The van der Waals surface area contributed by atoms with E-state index in [0.717, 1.165) is 0 Å². The Morgan fingerprint density at radius 1 is 0.816 bits per heavy atom. The van der Waals surface area contributed by atoms with Crippen molar-refractivity contribution >= 4 is 24.2 Å². The second-order valence-corrected chi connectivity index (χ2v) is 9.59. The molecular weight excluding hydrogens is 498 g/mol. The number of benzene rings is 1. The molecule has 0 heterocycles. The Kier molecular flexibility index (Phi) is 13.0. The molecule has 0 spiro atoms. The van der Waals surface area contributed by atoms with Gasteiger partial charge in [0, 0.05) is 12.8 Å². The molecule has 4 atom stereocenters. The lowest BCUT2D eigenvalue weighted by Gasteiger charge is -2.29. The van der Waals surface area contributed by atoms with Crippen LogP contribution in [0.5, 0.6) is 11.5 Å². The van der Waals surface area contributed by atoms with E-state index in [4.69, 9.17) is 34.2 Å². The SMILES string of the molecule is CCC(C)OC(=O)Oc1cc(C[C@](N)(CC(C)OC(=O)C(C)C)C(=O)OC)ccc1OC(=O)O[C@@H](C)CC. The van der Waals surface area contributed by atoms with Crippen LogP contribution in [0.2, 0.25) is 0 Å². The largest absolute Gasteiger partial charge is 0.514 e. The third-order valence-corrected chi connectivity index (χ3v) is 5.69. The summed E-state index contributed by atoms with van der Waals surface area (Å²) in [5.41, 5.74) is 5.32. The van der Waals surface area contributed by atoms with Gasteiger partial charge in [-0.25, -0.2) is 9.59 Å². The Morgan fingerprint density at radius 2 is 1.34 bits per heavy atom. The quantitative estimate of drug-likeness (QED) is 0.211. The Bertz CT molecular complexity index is 963. The molecule has 0 bridgehead atoms. The van der Waals surface area contributed by atoms with Gasteiger partial charge in [0.05, 0.1) is 13.0 Å². The molecule has 11 heteroatoms. The van der Waals surface area contributed by atoms with E-state index in [9.17, 15) is 19.2 Å². The molecule has 0 aliphatic carbocycles. The van der Waals surface area contributed by atoms with E-state index in [1.165, 1.54) is 19.2 Å². The fraction of sp³-hybridized carbons (Fsp3) is 0.630. The highest BCUT2D eigenvalue weighted by molar-refractivity contribution is 5.81. The fourth-order valence-electron chi connectivity index (χ4n) is 3.23. The second-order valence-electron chi connectivity index (χ2n) is 9.59. The van der Waals surface area contributed by atoms with Gasteiger partial charge in [0.2, 0.25) is 0 Å². The average Bonchev–Trinajstić information content (AvgIpc) is 2.84. The molecule has 1 rings (SSSR count). The maximum Gasteiger partial charge on any atom is 0.514 e. The van der Waals surface area contributed by atoms with Crippen LogP contribution in [-0.2, 0) is 35.0 Å². The predicted octanol–water partition coefficient (Wildman–Crippen LogP) is 4.71. The molecule has 0 fully saturated rings. The van der Waals surface area contributed by atoms with Crippen molar-refractivity contribution in [3.05, 3.63) is 23.8 Å². The summed E-state index contributed by atoms with van der Waals surface area (Å²) < 4.78 is 31.2. The number of carbonyl (C=O) groups is 4. The van der Waals surface area contributed by atoms with Crippen LogP contribution in [0.3, 0.4) is 0 Å². The van der Waals surface area contributed by atoms with Crippen LogP contribution in [0.4, 0.5) is 9.59 Å². The first-order valence-corrected chi connectivity index (χ1v) is 12.7. The third-order valence-electron chi connectivity index (χ3n) is 5.69. The maximum atomic E-state index is 12.7. The molecule has 0 aromatic heterocycles. The number of ether oxygens (including phenoxy) is 6. The molecule has 214 valence electrons. The first kappa shape index (κ1) is 32.7. The molecule has 0 saturated heterocycles. The summed E-state index contributed by atoms with van der Waals surface area (Å²) in [6.45, 7) is 12.1. The van der Waals surface area contributed by atoms with Gasteiger partial charge in [0.25, 0.3) is 0 Å². The highest BCUT2D eigenvalue weighted by Crippen LogP contribution is 2.32. The minimum Gasteiger partial charge on any atom is -0.468 e. The van der Waals surface area contributed by atoms with Crippen molar-refractivity contribution in [1.29, 1.82) is 0 Å². The van der Waals surface area contributed by atoms with E-state index in [1.807, 2.05) is 13.8 Å². The summed E-state index contributed by atoms with van der Waals surface area (Å²) in [4.78, 5) is 49.2. The van der Waals surface area contributed by atoms with Crippen LogP contribution >= 0.6 is 0 Å². The Labute approximate surface area is 224 Å². The smallest absolute Gasteiger partial charge is 0.468 e. The average molecular weight is 540 g/mol. The normalized spacial score (nSPS) is 14.9. The van der Waals surface area contributed by atoms with Crippen LogP contribution < -0.4 is 15.2 Å².